The van der Waals surface area contributed by atoms with Crippen molar-refractivity contribution in [3.05, 3.63) is 34.9 Å². The van der Waals surface area contributed by atoms with Crippen molar-refractivity contribution < 1.29 is 9.53 Å². The number of fused-ring (bicyclic) bond motifs is 1. The maximum Gasteiger partial charge on any atom is 0.338 e. The molecule has 1 aliphatic carbocycles. The van der Waals surface area contributed by atoms with Crippen LogP contribution in [0.3, 0.4) is 0 Å². The lowest BCUT2D eigenvalue weighted by molar-refractivity contribution is 0.0526. The summed E-state index contributed by atoms with van der Waals surface area (Å²) in [7, 11) is 0. The highest BCUT2D eigenvalue weighted by Gasteiger charge is 2.13. The summed E-state index contributed by atoms with van der Waals surface area (Å²) in [5, 5.41) is 0. The van der Waals surface area contributed by atoms with Gasteiger partial charge in [0.2, 0.25) is 0 Å². The minimum Gasteiger partial charge on any atom is -0.462 e. The van der Waals surface area contributed by atoms with Crippen molar-refractivity contribution in [3.8, 4) is 0 Å². The van der Waals surface area contributed by atoms with Gasteiger partial charge in [-0.05, 0) is 49.4 Å². The summed E-state index contributed by atoms with van der Waals surface area (Å²) in [6.45, 7) is 2.27. The second-order valence-electron chi connectivity index (χ2n) is 3.56. The first-order chi connectivity index (χ1) is 6.81. The minimum atomic E-state index is -0.206. The van der Waals surface area contributed by atoms with Gasteiger partial charge in [0.05, 0.1) is 12.2 Å². The van der Waals surface area contributed by atoms with Gasteiger partial charge >= 0.3 is 5.97 Å². The van der Waals surface area contributed by atoms with Crippen LogP contribution in [0.2, 0.25) is 0 Å². The Balaban J connectivity index is 2.24. The number of ether oxygens (including phenoxy) is 1. The largest absolute Gasteiger partial charge is 0.462 e. The van der Waals surface area contributed by atoms with Crippen molar-refractivity contribution in [1.82, 2.24) is 0 Å². The molecule has 0 aliphatic heterocycles. The van der Waals surface area contributed by atoms with Gasteiger partial charge in [-0.15, -0.1) is 0 Å². The van der Waals surface area contributed by atoms with Gasteiger partial charge in [-0.1, -0.05) is 6.07 Å². The van der Waals surface area contributed by atoms with E-state index < -0.39 is 0 Å². The Morgan fingerprint density at radius 1 is 1.36 bits per heavy atom. The summed E-state index contributed by atoms with van der Waals surface area (Å²) >= 11 is 0. The molecular formula is C12H14O2. The van der Waals surface area contributed by atoms with Crippen LogP contribution in [0, 0.1) is 0 Å². The molecule has 74 valence electrons. The lowest BCUT2D eigenvalue weighted by atomic mass is 10.1. The Hall–Kier alpha value is -1.31. The molecule has 14 heavy (non-hydrogen) atoms. The number of hydrogen-bond donors (Lipinski definition) is 0. The molecule has 2 nitrogen and oxygen atoms in total. The Morgan fingerprint density at radius 2 is 2.14 bits per heavy atom. The average Bonchev–Trinajstić information content (AvgIpc) is 2.64. The average molecular weight is 190 g/mol. The van der Waals surface area contributed by atoms with Gasteiger partial charge in [-0.25, -0.2) is 4.79 Å². The molecule has 0 heterocycles. The number of benzene rings is 1. The number of aryl methyl sites for hydroxylation is 2. The first-order valence-corrected chi connectivity index (χ1v) is 5.10. The fraction of sp³-hybridized carbons (Fsp3) is 0.417. The Kier molecular flexibility index (Phi) is 2.53. The topological polar surface area (TPSA) is 26.3 Å². The van der Waals surface area contributed by atoms with E-state index in [1.54, 1.807) is 0 Å². The van der Waals surface area contributed by atoms with Gasteiger partial charge < -0.3 is 4.74 Å². The zero-order valence-corrected chi connectivity index (χ0v) is 8.38. The van der Waals surface area contributed by atoms with E-state index in [1.165, 1.54) is 17.5 Å². The van der Waals surface area contributed by atoms with Crippen molar-refractivity contribution in [2.75, 3.05) is 6.61 Å². The van der Waals surface area contributed by atoms with Crippen LogP contribution in [0.15, 0.2) is 18.2 Å². The number of esters is 1. The van der Waals surface area contributed by atoms with Gasteiger partial charge in [0.15, 0.2) is 0 Å². The Morgan fingerprint density at radius 3 is 2.93 bits per heavy atom. The first-order valence-electron chi connectivity index (χ1n) is 5.10. The summed E-state index contributed by atoms with van der Waals surface area (Å²) < 4.78 is 4.95. The molecule has 0 atom stereocenters. The predicted molar refractivity (Wildman–Crippen MR) is 54.4 cm³/mol. The van der Waals surface area contributed by atoms with E-state index in [9.17, 15) is 4.79 Å². The van der Waals surface area contributed by atoms with Crippen LogP contribution >= 0.6 is 0 Å². The first kappa shape index (κ1) is 9.25. The zero-order chi connectivity index (χ0) is 9.97. The lowest BCUT2D eigenvalue weighted by Crippen LogP contribution is -2.05. The highest BCUT2D eigenvalue weighted by Crippen LogP contribution is 2.22. The quantitative estimate of drug-likeness (QED) is 0.669. The second kappa shape index (κ2) is 3.82. The van der Waals surface area contributed by atoms with Gasteiger partial charge in [-0.3, -0.25) is 0 Å². The monoisotopic (exact) mass is 190 g/mol. The molecule has 1 aromatic carbocycles. The van der Waals surface area contributed by atoms with Gasteiger partial charge in [0.1, 0.15) is 0 Å². The van der Waals surface area contributed by atoms with Crippen LogP contribution in [0.4, 0.5) is 0 Å². The molecule has 0 saturated heterocycles. The number of hydrogen-bond acceptors (Lipinski definition) is 2. The summed E-state index contributed by atoms with van der Waals surface area (Å²) in [4.78, 5) is 11.4. The molecule has 0 amide bonds. The zero-order valence-electron chi connectivity index (χ0n) is 8.38. The van der Waals surface area contributed by atoms with Crippen molar-refractivity contribution >= 4 is 5.97 Å². The fourth-order valence-electron chi connectivity index (χ4n) is 1.91. The third-order valence-electron chi connectivity index (χ3n) is 2.61. The van der Waals surface area contributed by atoms with Gasteiger partial charge in [0, 0.05) is 0 Å². The van der Waals surface area contributed by atoms with Crippen LogP contribution in [-0.2, 0) is 17.6 Å². The van der Waals surface area contributed by atoms with Gasteiger partial charge in [-0.2, -0.15) is 0 Å². The number of rotatable bonds is 2. The minimum absolute atomic E-state index is 0.206. The molecule has 0 unspecified atom stereocenters. The molecule has 0 bridgehead atoms. The van der Waals surface area contributed by atoms with Crippen molar-refractivity contribution in [3.63, 3.8) is 0 Å². The molecule has 0 N–H and O–H groups in total. The lowest BCUT2D eigenvalue weighted by Gasteiger charge is -2.04. The van der Waals surface area contributed by atoms with Crippen molar-refractivity contribution in [2.45, 2.75) is 26.2 Å². The summed E-state index contributed by atoms with van der Waals surface area (Å²) in [6.07, 6.45) is 3.46. The normalized spacial score (nSPS) is 13.8. The molecule has 1 aromatic rings. The van der Waals surface area contributed by atoms with E-state index in [-0.39, 0.29) is 5.97 Å². The molecule has 2 heteroatoms. The summed E-state index contributed by atoms with van der Waals surface area (Å²) in [5.74, 6) is -0.206. The van der Waals surface area contributed by atoms with Crippen LogP contribution in [0.25, 0.3) is 0 Å². The number of carbonyl (C=O) groups is 1. The van der Waals surface area contributed by atoms with Crippen LogP contribution in [0.1, 0.15) is 34.8 Å². The molecule has 0 saturated carbocycles. The van der Waals surface area contributed by atoms with Gasteiger partial charge in [0.25, 0.3) is 0 Å². The van der Waals surface area contributed by atoms with Crippen LogP contribution in [0.5, 0.6) is 0 Å². The maximum absolute atomic E-state index is 11.4. The van der Waals surface area contributed by atoms with E-state index in [0.29, 0.717) is 12.2 Å². The highest BCUT2D eigenvalue weighted by atomic mass is 16.5. The van der Waals surface area contributed by atoms with E-state index in [1.807, 2.05) is 19.1 Å². The van der Waals surface area contributed by atoms with E-state index in [0.717, 1.165) is 12.8 Å². The molecular weight excluding hydrogens is 176 g/mol. The summed E-state index contributed by atoms with van der Waals surface area (Å²) in [6, 6.07) is 5.89. The fourth-order valence-corrected chi connectivity index (χ4v) is 1.91. The van der Waals surface area contributed by atoms with E-state index >= 15 is 0 Å². The summed E-state index contributed by atoms with van der Waals surface area (Å²) in [5.41, 5.74) is 3.39. The van der Waals surface area contributed by atoms with E-state index in [4.69, 9.17) is 4.74 Å². The predicted octanol–water partition coefficient (Wildman–Crippen LogP) is 2.35. The Labute approximate surface area is 83.9 Å². The Bertz CT molecular complexity index is 355. The molecule has 0 spiro atoms. The second-order valence-corrected chi connectivity index (χ2v) is 3.56. The molecule has 0 radical (unpaired) electrons. The van der Waals surface area contributed by atoms with Crippen LogP contribution in [-0.4, -0.2) is 12.6 Å². The van der Waals surface area contributed by atoms with Crippen molar-refractivity contribution in [2.24, 2.45) is 0 Å². The highest BCUT2D eigenvalue weighted by molar-refractivity contribution is 5.89. The molecule has 2 rings (SSSR count). The third kappa shape index (κ3) is 1.65. The maximum atomic E-state index is 11.4. The SMILES string of the molecule is CCOC(=O)c1ccc2c(c1)CCC2. The van der Waals surface area contributed by atoms with Crippen molar-refractivity contribution in [1.29, 1.82) is 0 Å². The third-order valence-corrected chi connectivity index (χ3v) is 2.61. The smallest absolute Gasteiger partial charge is 0.338 e. The molecule has 1 aliphatic rings. The van der Waals surface area contributed by atoms with Crippen LogP contribution < -0.4 is 0 Å². The standard InChI is InChI=1S/C12H14O2/c1-2-14-12(13)11-7-6-9-4-3-5-10(9)8-11/h6-8H,2-5H2,1H3. The van der Waals surface area contributed by atoms with E-state index in [2.05, 4.69) is 6.07 Å². The molecule has 0 aromatic heterocycles. The number of carbonyl (C=O) groups excluding carboxylic acids is 1. The molecule has 0 fully saturated rings.